The average Bonchev–Trinajstić information content (AvgIpc) is 2.94. The predicted octanol–water partition coefficient (Wildman–Crippen LogP) is 3.29. The normalized spacial score (nSPS) is 14.8. The van der Waals surface area contributed by atoms with Crippen molar-refractivity contribution in [3.05, 3.63) is 65.2 Å². The molecule has 0 bridgehead atoms. The van der Waals surface area contributed by atoms with Gasteiger partial charge in [-0.25, -0.2) is 0 Å². The lowest BCUT2D eigenvalue weighted by Gasteiger charge is -2.14. The fourth-order valence-electron chi connectivity index (χ4n) is 2.61. The first-order valence-corrected chi connectivity index (χ1v) is 6.81. The van der Waals surface area contributed by atoms with E-state index in [9.17, 15) is 5.11 Å². The van der Waals surface area contributed by atoms with Crippen LogP contribution in [-0.2, 0) is 12.8 Å². The SMILES string of the molecule is OC(CCc1ccccc1)c1cccc2c1OCC2. The van der Waals surface area contributed by atoms with Gasteiger partial charge < -0.3 is 9.84 Å². The molecule has 1 N–H and O–H groups in total. The lowest BCUT2D eigenvalue weighted by molar-refractivity contribution is 0.163. The fraction of sp³-hybridized carbons (Fsp3) is 0.294. The van der Waals surface area contributed by atoms with E-state index in [1.807, 2.05) is 30.3 Å². The fourth-order valence-corrected chi connectivity index (χ4v) is 2.61. The summed E-state index contributed by atoms with van der Waals surface area (Å²) < 4.78 is 5.64. The Morgan fingerprint density at radius 2 is 1.89 bits per heavy atom. The highest BCUT2D eigenvalue weighted by Gasteiger charge is 2.20. The van der Waals surface area contributed by atoms with Crippen molar-refractivity contribution in [3.63, 3.8) is 0 Å². The lowest BCUT2D eigenvalue weighted by Crippen LogP contribution is -2.02. The monoisotopic (exact) mass is 254 g/mol. The maximum absolute atomic E-state index is 10.4. The van der Waals surface area contributed by atoms with Crippen molar-refractivity contribution < 1.29 is 9.84 Å². The van der Waals surface area contributed by atoms with Gasteiger partial charge in [-0.05, 0) is 24.0 Å². The molecule has 0 saturated carbocycles. The molecule has 0 aliphatic carbocycles. The Morgan fingerprint density at radius 1 is 1.05 bits per heavy atom. The highest BCUT2D eigenvalue weighted by molar-refractivity contribution is 5.45. The average molecular weight is 254 g/mol. The first-order chi connectivity index (χ1) is 9.34. The molecule has 0 aromatic heterocycles. The van der Waals surface area contributed by atoms with Gasteiger partial charge in [-0.2, -0.15) is 0 Å². The number of aryl methyl sites for hydroxylation is 1. The minimum absolute atomic E-state index is 0.451. The Balaban J connectivity index is 1.71. The van der Waals surface area contributed by atoms with Gasteiger partial charge in [0.05, 0.1) is 12.7 Å². The van der Waals surface area contributed by atoms with Crippen LogP contribution in [0.25, 0.3) is 0 Å². The van der Waals surface area contributed by atoms with Crippen LogP contribution in [0.1, 0.15) is 29.2 Å². The Morgan fingerprint density at radius 3 is 2.74 bits per heavy atom. The van der Waals surface area contributed by atoms with Gasteiger partial charge in [0.15, 0.2) is 0 Å². The van der Waals surface area contributed by atoms with Crippen molar-refractivity contribution in [2.45, 2.75) is 25.4 Å². The number of hydrogen-bond donors (Lipinski definition) is 1. The van der Waals surface area contributed by atoms with E-state index in [1.165, 1.54) is 11.1 Å². The molecule has 1 aliphatic heterocycles. The van der Waals surface area contributed by atoms with Gasteiger partial charge in [-0.15, -0.1) is 0 Å². The minimum Gasteiger partial charge on any atom is -0.493 e. The molecule has 3 rings (SSSR count). The van der Waals surface area contributed by atoms with E-state index in [0.29, 0.717) is 0 Å². The third kappa shape index (κ3) is 2.64. The molecule has 2 nitrogen and oxygen atoms in total. The molecule has 98 valence electrons. The van der Waals surface area contributed by atoms with Crippen molar-refractivity contribution >= 4 is 0 Å². The van der Waals surface area contributed by atoms with Crippen molar-refractivity contribution in [1.82, 2.24) is 0 Å². The third-order valence-electron chi connectivity index (χ3n) is 3.65. The van der Waals surface area contributed by atoms with Crippen molar-refractivity contribution in [3.8, 4) is 5.75 Å². The van der Waals surface area contributed by atoms with E-state index in [0.717, 1.165) is 37.2 Å². The van der Waals surface area contributed by atoms with Gasteiger partial charge in [0.1, 0.15) is 5.75 Å². The number of hydrogen-bond acceptors (Lipinski definition) is 2. The van der Waals surface area contributed by atoms with Gasteiger partial charge in [0.2, 0.25) is 0 Å². The van der Waals surface area contributed by atoms with Crippen LogP contribution in [0.5, 0.6) is 5.75 Å². The molecule has 1 heterocycles. The van der Waals surface area contributed by atoms with E-state index in [-0.39, 0.29) is 0 Å². The minimum atomic E-state index is -0.451. The van der Waals surface area contributed by atoms with E-state index < -0.39 is 6.10 Å². The molecule has 0 fully saturated rings. The summed E-state index contributed by atoms with van der Waals surface area (Å²) in [5, 5.41) is 10.4. The summed E-state index contributed by atoms with van der Waals surface area (Å²) >= 11 is 0. The first-order valence-electron chi connectivity index (χ1n) is 6.81. The smallest absolute Gasteiger partial charge is 0.128 e. The predicted molar refractivity (Wildman–Crippen MR) is 75.4 cm³/mol. The summed E-state index contributed by atoms with van der Waals surface area (Å²) in [5.41, 5.74) is 3.41. The number of ether oxygens (including phenoxy) is 1. The molecule has 0 radical (unpaired) electrons. The zero-order chi connectivity index (χ0) is 13.1. The van der Waals surface area contributed by atoms with Crippen LogP contribution in [0, 0.1) is 0 Å². The van der Waals surface area contributed by atoms with Crippen LogP contribution >= 0.6 is 0 Å². The molecule has 0 spiro atoms. The Labute approximate surface area is 113 Å². The largest absolute Gasteiger partial charge is 0.493 e. The molecule has 2 heteroatoms. The van der Waals surface area contributed by atoms with Crippen LogP contribution in [0.2, 0.25) is 0 Å². The molecule has 0 amide bonds. The lowest BCUT2D eigenvalue weighted by atomic mass is 9.98. The summed E-state index contributed by atoms with van der Waals surface area (Å²) in [6.07, 6.45) is 2.11. The molecule has 2 aromatic rings. The van der Waals surface area contributed by atoms with Gasteiger partial charge in [-0.3, -0.25) is 0 Å². The summed E-state index contributed by atoms with van der Waals surface area (Å²) in [7, 11) is 0. The quantitative estimate of drug-likeness (QED) is 0.907. The molecule has 1 aliphatic rings. The maximum Gasteiger partial charge on any atom is 0.128 e. The van der Waals surface area contributed by atoms with Crippen LogP contribution in [0.4, 0.5) is 0 Å². The van der Waals surface area contributed by atoms with Gasteiger partial charge in [0, 0.05) is 12.0 Å². The standard InChI is InChI=1S/C17H18O2/c18-16(10-9-13-5-2-1-3-6-13)15-8-4-7-14-11-12-19-17(14)15/h1-8,16,18H,9-12H2. The zero-order valence-corrected chi connectivity index (χ0v) is 10.9. The molecule has 19 heavy (non-hydrogen) atoms. The van der Waals surface area contributed by atoms with E-state index in [1.54, 1.807) is 0 Å². The van der Waals surface area contributed by atoms with Crippen LogP contribution in [0.3, 0.4) is 0 Å². The summed E-state index contributed by atoms with van der Waals surface area (Å²) in [5.74, 6) is 0.906. The highest BCUT2D eigenvalue weighted by Crippen LogP contribution is 2.34. The number of rotatable bonds is 4. The number of aliphatic hydroxyl groups excluding tert-OH is 1. The highest BCUT2D eigenvalue weighted by atomic mass is 16.5. The summed E-state index contributed by atoms with van der Waals surface area (Å²) in [6, 6.07) is 16.3. The van der Waals surface area contributed by atoms with Crippen molar-refractivity contribution in [1.29, 1.82) is 0 Å². The van der Waals surface area contributed by atoms with Crippen LogP contribution in [0.15, 0.2) is 48.5 Å². The maximum atomic E-state index is 10.4. The number of para-hydroxylation sites is 1. The molecular formula is C17H18O2. The third-order valence-corrected chi connectivity index (χ3v) is 3.65. The first kappa shape index (κ1) is 12.2. The summed E-state index contributed by atoms with van der Waals surface area (Å²) in [6.45, 7) is 0.734. The Bertz CT molecular complexity index is 548. The second-order valence-electron chi connectivity index (χ2n) is 4.97. The number of benzene rings is 2. The van der Waals surface area contributed by atoms with Crippen molar-refractivity contribution in [2.24, 2.45) is 0 Å². The topological polar surface area (TPSA) is 29.5 Å². The summed E-state index contributed by atoms with van der Waals surface area (Å²) in [4.78, 5) is 0. The molecule has 2 aromatic carbocycles. The molecular weight excluding hydrogens is 236 g/mol. The zero-order valence-electron chi connectivity index (χ0n) is 10.9. The second-order valence-corrected chi connectivity index (χ2v) is 4.97. The number of fused-ring (bicyclic) bond motifs is 1. The Kier molecular flexibility index (Phi) is 3.51. The molecule has 1 atom stereocenters. The second kappa shape index (κ2) is 5.45. The van der Waals surface area contributed by atoms with Crippen molar-refractivity contribution in [2.75, 3.05) is 6.61 Å². The molecule has 0 saturated heterocycles. The molecule has 1 unspecified atom stereocenters. The van der Waals surface area contributed by atoms with Crippen LogP contribution in [-0.4, -0.2) is 11.7 Å². The van der Waals surface area contributed by atoms with E-state index in [2.05, 4.69) is 18.2 Å². The van der Waals surface area contributed by atoms with Gasteiger partial charge in [-0.1, -0.05) is 48.5 Å². The van der Waals surface area contributed by atoms with Gasteiger partial charge in [0.25, 0.3) is 0 Å². The van der Waals surface area contributed by atoms with Gasteiger partial charge >= 0.3 is 0 Å². The number of aliphatic hydroxyl groups is 1. The van der Waals surface area contributed by atoms with E-state index in [4.69, 9.17) is 4.74 Å². The van der Waals surface area contributed by atoms with E-state index >= 15 is 0 Å². The Hall–Kier alpha value is -1.80. The van der Waals surface area contributed by atoms with Crippen LogP contribution < -0.4 is 4.74 Å².